The molecule has 0 heterocycles. The molecular formula is C21H22BrN3O4. The monoisotopic (exact) mass is 459 g/mol. The zero-order chi connectivity index (χ0) is 21.1. The first-order valence-corrected chi connectivity index (χ1v) is 9.95. The number of amides is 2. The molecule has 0 bridgehead atoms. The van der Waals surface area contributed by atoms with Crippen LogP contribution in [0.3, 0.4) is 0 Å². The predicted molar refractivity (Wildman–Crippen MR) is 114 cm³/mol. The van der Waals surface area contributed by atoms with Gasteiger partial charge in [0.1, 0.15) is 0 Å². The third kappa shape index (κ3) is 7.50. The molecule has 0 radical (unpaired) electrons. The van der Waals surface area contributed by atoms with E-state index in [1.54, 1.807) is 30.3 Å². The molecule has 2 amide bonds. The van der Waals surface area contributed by atoms with Crippen LogP contribution in [-0.4, -0.2) is 35.6 Å². The van der Waals surface area contributed by atoms with Crippen molar-refractivity contribution < 1.29 is 19.5 Å². The fourth-order valence-corrected chi connectivity index (χ4v) is 3.03. The average molecular weight is 460 g/mol. The maximum Gasteiger partial charge on any atom is 0.336 e. The fraction of sp³-hybridized carbons (Fsp3) is 0.238. The van der Waals surface area contributed by atoms with Crippen LogP contribution in [0.5, 0.6) is 0 Å². The minimum atomic E-state index is -1.05. The summed E-state index contributed by atoms with van der Waals surface area (Å²) in [4.78, 5) is 35.0. The van der Waals surface area contributed by atoms with Crippen LogP contribution < -0.4 is 10.7 Å². The first-order valence-electron chi connectivity index (χ1n) is 9.16. The Morgan fingerprint density at radius 3 is 2.38 bits per heavy atom. The summed E-state index contributed by atoms with van der Waals surface area (Å²) in [6, 6.07) is 13.6. The molecule has 0 atom stereocenters. The van der Waals surface area contributed by atoms with E-state index in [9.17, 15) is 14.4 Å². The highest BCUT2D eigenvalue weighted by molar-refractivity contribution is 9.10. The SMILES string of the molecule is O=C(CCCCCNC(=O)c1ccccc1Br)N/N=C/c1ccccc1C(=O)O. The van der Waals surface area contributed by atoms with Crippen LogP contribution in [0.1, 0.15) is 52.0 Å². The molecule has 0 saturated heterocycles. The number of benzene rings is 2. The lowest BCUT2D eigenvalue weighted by Gasteiger charge is -2.06. The van der Waals surface area contributed by atoms with Crippen molar-refractivity contribution >= 4 is 39.9 Å². The number of unbranched alkanes of at least 4 members (excludes halogenated alkanes) is 2. The van der Waals surface area contributed by atoms with Gasteiger partial charge in [-0.1, -0.05) is 36.8 Å². The summed E-state index contributed by atoms with van der Waals surface area (Å²) in [5.74, 6) is -1.43. The normalized spacial score (nSPS) is 10.7. The first kappa shape index (κ1) is 22.3. The van der Waals surface area contributed by atoms with Gasteiger partial charge in [0, 0.05) is 23.0 Å². The number of hydrazone groups is 1. The van der Waals surface area contributed by atoms with Crippen molar-refractivity contribution in [3.63, 3.8) is 0 Å². The Kier molecular flexibility index (Phi) is 9.04. The Hall–Kier alpha value is -3.00. The topological polar surface area (TPSA) is 108 Å². The van der Waals surface area contributed by atoms with Gasteiger partial charge in [-0.3, -0.25) is 9.59 Å². The van der Waals surface area contributed by atoms with E-state index in [2.05, 4.69) is 31.8 Å². The highest BCUT2D eigenvalue weighted by atomic mass is 79.9. The average Bonchev–Trinajstić information content (AvgIpc) is 2.71. The zero-order valence-electron chi connectivity index (χ0n) is 15.7. The van der Waals surface area contributed by atoms with Crippen molar-refractivity contribution in [1.29, 1.82) is 0 Å². The maximum atomic E-state index is 12.0. The van der Waals surface area contributed by atoms with Crippen LogP contribution >= 0.6 is 15.9 Å². The van der Waals surface area contributed by atoms with Crippen LogP contribution in [0.2, 0.25) is 0 Å². The number of hydrogen-bond acceptors (Lipinski definition) is 4. The zero-order valence-corrected chi connectivity index (χ0v) is 17.3. The van der Waals surface area contributed by atoms with Gasteiger partial charge in [-0.15, -0.1) is 0 Å². The standard InChI is InChI=1S/C21H22BrN3O4/c22-18-11-6-5-10-17(18)20(27)23-13-7-1-2-12-19(26)25-24-14-15-8-3-4-9-16(15)21(28)29/h3-6,8-11,14H,1-2,7,12-13H2,(H,23,27)(H,25,26)(H,28,29)/b24-14+. The molecule has 0 aromatic heterocycles. The Morgan fingerprint density at radius 2 is 1.66 bits per heavy atom. The largest absolute Gasteiger partial charge is 0.478 e. The smallest absolute Gasteiger partial charge is 0.336 e. The van der Waals surface area contributed by atoms with E-state index in [1.165, 1.54) is 12.3 Å². The van der Waals surface area contributed by atoms with Crippen molar-refractivity contribution in [1.82, 2.24) is 10.7 Å². The van der Waals surface area contributed by atoms with Gasteiger partial charge in [0.15, 0.2) is 0 Å². The Morgan fingerprint density at radius 1 is 0.966 bits per heavy atom. The van der Waals surface area contributed by atoms with Gasteiger partial charge in [0.05, 0.1) is 17.3 Å². The summed E-state index contributed by atoms with van der Waals surface area (Å²) < 4.78 is 0.751. The number of carbonyl (C=O) groups excluding carboxylic acids is 2. The molecule has 7 nitrogen and oxygen atoms in total. The molecule has 2 aromatic carbocycles. The summed E-state index contributed by atoms with van der Waals surface area (Å²) in [6.45, 7) is 0.534. The van der Waals surface area contributed by atoms with E-state index >= 15 is 0 Å². The number of nitrogens with one attached hydrogen (secondary N) is 2. The number of aromatic carboxylic acids is 1. The minimum absolute atomic E-state index is 0.120. The van der Waals surface area contributed by atoms with Gasteiger partial charge in [0.25, 0.3) is 5.91 Å². The van der Waals surface area contributed by atoms with E-state index in [-0.39, 0.29) is 17.4 Å². The van der Waals surface area contributed by atoms with Crippen LogP contribution in [0.25, 0.3) is 0 Å². The Balaban J connectivity index is 1.62. The van der Waals surface area contributed by atoms with Gasteiger partial charge in [-0.25, -0.2) is 10.2 Å². The molecule has 2 rings (SSSR count). The number of hydrogen-bond donors (Lipinski definition) is 3. The van der Waals surface area contributed by atoms with Crippen molar-refractivity contribution in [3.8, 4) is 0 Å². The molecule has 0 spiro atoms. The second-order valence-corrected chi connectivity index (χ2v) is 7.09. The van der Waals surface area contributed by atoms with E-state index in [0.29, 0.717) is 30.5 Å². The second-order valence-electron chi connectivity index (χ2n) is 6.23. The predicted octanol–water partition coefficient (Wildman–Crippen LogP) is 3.59. The molecule has 3 N–H and O–H groups in total. The highest BCUT2D eigenvalue weighted by Crippen LogP contribution is 2.15. The molecule has 2 aromatic rings. The van der Waals surface area contributed by atoms with Crippen LogP contribution in [0.4, 0.5) is 0 Å². The van der Waals surface area contributed by atoms with E-state index in [0.717, 1.165) is 17.3 Å². The van der Waals surface area contributed by atoms with Crippen LogP contribution in [0, 0.1) is 0 Å². The molecule has 0 saturated carbocycles. The lowest BCUT2D eigenvalue weighted by atomic mass is 10.1. The molecule has 0 fully saturated rings. The second kappa shape index (κ2) is 11.8. The van der Waals surface area contributed by atoms with Gasteiger partial charge in [0.2, 0.25) is 5.91 Å². The van der Waals surface area contributed by atoms with E-state index < -0.39 is 5.97 Å². The number of carboxylic acids is 1. The Labute approximate surface area is 177 Å². The maximum absolute atomic E-state index is 12.0. The van der Waals surface area contributed by atoms with Gasteiger partial charge < -0.3 is 10.4 Å². The number of carboxylic acid groups (broad SMARTS) is 1. The van der Waals surface area contributed by atoms with E-state index in [1.807, 2.05) is 12.1 Å². The van der Waals surface area contributed by atoms with E-state index in [4.69, 9.17) is 5.11 Å². The van der Waals surface area contributed by atoms with Crippen LogP contribution in [0.15, 0.2) is 58.1 Å². The number of halogens is 1. The van der Waals surface area contributed by atoms with Gasteiger partial charge >= 0.3 is 5.97 Å². The lowest BCUT2D eigenvalue weighted by Crippen LogP contribution is -2.24. The molecular weight excluding hydrogens is 438 g/mol. The summed E-state index contributed by atoms with van der Waals surface area (Å²) in [5, 5.41) is 15.8. The van der Waals surface area contributed by atoms with Gasteiger partial charge in [-0.05, 0) is 47.0 Å². The molecule has 8 heteroatoms. The lowest BCUT2D eigenvalue weighted by molar-refractivity contribution is -0.121. The number of nitrogens with zero attached hydrogens (tertiary/aromatic N) is 1. The third-order valence-corrected chi connectivity index (χ3v) is 4.76. The van der Waals surface area contributed by atoms with Crippen molar-refractivity contribution in [3.05, 3.63) is 69.7 Å². The molecule has 0 aliphatic rings. The van der Waals surface area contributed by atoms with Crippen molar-refractivity contribution in [2.75, 3.05) is 6.54 Å². The fourth-order valence-electron chi connectivity index (χ4n) is 2.56. The summed E-state index contributed by atoms with van der Waals surface area (Å²) in [7, 11) is 0. The van der Waals surface area contributed by atoms with Gasteiger partial charge in [-0.2, -0.15) is 5.10 Å². The molecule has 152 valence electrons. The van der Waals surface area contributed by atoms with Crippen molar-refractivity contribution in [2.24, 2.45) is 5.10 Å². The highest BCUT2D eigenvalue weighted by Gasteiger charge is 2.08. The summed E-state index contributed by atoms with van der Waals surface area (Å²) in [5.41, 5.74) is 3.53. The summed E-state index contributed by atoms with van der Waals surface area (Å²) in [6.07, 6.45) is 3.83. The van der Waals surface area contributed by atoms with Crippen molar-refractivity contribution in [2.45, 2.75) is 25.7 Å². The number of rotatable bonds is 10. The molecule has 0 aliphatic heterocycles. The molecule has 29 heavy (non-hydrogen) atoms. The minimum Gasteiger partial charge on any atom is -0.478 e. The number of carbonyl (C=O) groups is 3. The molecule has 0 aliphatic carbocycles. The summed E-state index contributed by atoms with van der Waals surface area (Å²) >= 11 is 3.35. The third-order valence-electron chi connectivity index (χ3n) is 4.07. The Bertz CT molecular complexity index is 899. The quantitative estimate of drug-likeness (QED) is 0.286. The first-order chi connectivity index (χ1) is 14.0. The molecule has 0 unspecified atom stereocenters. The van der Waals surface area contributed by atoms with Crippen LogP contribution in [-0.2, 0) is 4.79 Å².